The first-order chi connectivity index (χ1) is 11.1. The van der Waals surface area contributed by atoms with E-state index in [0.29, 0.717) is 31.2 Å². The summed E-state index contributed by atoms with van der Waals surface area (Å²) in [6.45, 7) is 0. The Morgan fingerprint density at radius 2 is 1.91 bits per heavy atom. The summed E-state index contributed by atoms with van der Waals surface area (Å²) in [5.41, 5.74) is 1.47. The Balaban J connectivity index is 2.04. The van der Waals surface area contributed by atoms with Crippen LogP contribution in [-0.4, -0.2) is 21.1 Å². The number of H-pyrrole nitrogens is 1. The number of hydrogen-bond donors (Lipinski definition) is 1. The van der Waals surface area contributed by atoms with E-state index >= 15 is 0 Å². The maximum atomic E-state index is 6.15. The zero-order chi connectivity index (χ0) is 16.4. The largest absolute Gasteiger partial charge is 0.250 e. The van der Waals surface area contributed by atoms with Crippen molar-refractivity contribution in [3.05, 3.63) is 67.9 Å². The lowest BCUT2D eigenvalue weighted by Gasteiger charge is -2.02. The molecule has 0 fully saturated rings. The van der Waals surface area contributed by atoms with Crippen molar-refractivity contribution in [2.24, 2.45) is 5.10 Å². The van der Waals surface area contributed by atoms with Crippen LogP contribution in [0.3, 0.4) is 0 Å². The second kappa shape index (κ2) is 6.84. The van der Waals surface area contributed by atoms with Gasteiger partial charge in [-0.3, -0.25) is 0 Å². The Labute approximate surface area is 152 Å². The number of benzene rings is 2. The molecule has 0 spiro atoms. The minimum Gasteiger partial charge on any atom is -0.250 e. The maximum Gasteiger partial charge on any atom is 0.216 e. The SMILES string of the molecule is S=c1[nH]nc(-c2cccc(Cl)c2)n1/N=C\c1cccc(Cl)c1Cl. The average Bonchev–Trinajstić information content (AvgIpc) is 2.90. The van der Waals surface area contributed by atoms with Gasteiger partial charge in [-0.1, -0.05) is 59.1 Å². The van der Waals surface area contributed by atoms with Crippen molar-refractivity contribution in [1.29, 1.82) is 0 Å². The van der Waals surface area contributed by atoms with Crippen LogP contribution in [0.1, 0.15) is 5.56 Å². The van der Waals surface area contributed by atoms with Crippen LogP contribution >= 0.6 is 47.0 Å². The summed E-state index contributed by atoms with van der Waals surface area (Å²) in [5, 5.41) is 12.8. The predicted octanol–water partition coefficient (Wildman–Crippen LogP) is 5.45. The molecular formula is C15H9Cl3N4S. The molecule has 1 aromatic heterocycles. The molecule has 0 aliphatic rings. The zero-order valence-electron chi connectivity index (χ0n) is 11.5. The molecule has 0 aliphatic heterocycles. The van der Waals surface area contributed by atoms with Crippen molar-refractivity contribution in [3.8, 4) is 11.4 Å². The van der Waals surface area contributed by atoms with Gasteiger partial charge in [0.1, 0.15) is 0 Å². The summed E-state index contributed by atoms with van der Waals surface area (Å²) in [4.78, 5) is 0. The number of rotatable bonds is 3. The van der Waals surface area contributed by atoms with Crippen LogP contribution in [0.4, 0.5) is 0 Å². The number of halogens is 3. The molecule has 3 rings (SSSR count). The normalized spacial score (nSPS) is 11.3. The monoisotopic (exact) mass is 382 g/mol. The molecule has 0 unspecified atom stereocenters. The van der Waals surface area contributed by atoms with E-state index in [1.807, 2.05) is 12.1 Å². The van der Waals surface area contributed by atoms with E-state index in [1.54, 1.807) is 36.5 Å². The van der Waals surface area contributed by atoms with Gasteiger partial charge in [-0.25, -0.2) is 5.10 Å². The van der Waals surface area contributed by atoms with E-state index in [9.17, 15) is 0 Å². The highest BCUT2D eigenvalue weighted by Gasteiger charge is 2.09. The molecule has 1 N–H and O–H groups in total. The topological polar surface area (TPSA) is 46.0 Å². The van der Waals surface area contributed by atoms with Crippen molar-refractivity contribution in [2.75, 3.05) is 0 Å². The Hall–Kier alpha value is -1.66. The molecule has 0 saturated heterocycles. The third kappa shape index (κ3) is 3.48. The third-order valence-corrected chi connectivity index (χ3v) is 4.36. The average molecular weight is 384 g/mol. The molecule has 3 aromatic rings. The van der Waals surface area contributed by atoms with Gasteiger partial charge >= 0.3 is 0 Å². The van der Waals surface area contributed by atoms with Gasteiger partial charge in [0, 0.05) is 16.1 Å². The first kappa shape index (κ1) is 16.2. The van der Waals surface area contributed by atoms with E-state index in [4.69, 9.17) is 47.0 Å². The standard InChI is InChI=1S/C15H9Cl3N4S/c16-11-5-1-3-9(7-11)14-20-21-15(23)22(14)19-8-10-4-2-6-12(17)13(10)18/h1-8H,(H,21,23)/b19-8-. The summed E-state index contributed by atoms with van der Waals surface area (Å²) in [5.74, 6) is 0.548. The summed E-state index contributed by atoms with van der Waals surface area (Å²) in [6, 6.07) is 12.6. The van der Waals surface area contributed by atoms with E-state index in [2.05, 4.69) is 15.3 Å². The first-order valence-electron chi connectivity index (χ1n) is 6.48. The van der Waals surface area contributed by atoms with Crippen LogP contribution in [0.15, 0.2) is 47.6 Å². The molecule has 0 amide bonds. The molecule has 116 valence electrons. The number of hydrogen-bond acceptors (Lipinski definition) is 3. The molecular weight excluding hydrogens is 375 g/mol. The smallest absolute Gasteiger partial charge is 0.216 e. The van der Waals surface area contributed by atoms with E-state index < -0.39 is 0 Å². The van der Waals surface area contributed by atoms with Gasteiger partial charge < -0.3 is 0 Å². The van der Waals surface area contributed by atoms with E-state index in [1.165, 1.54) is 4.68 Å². The number of nitrogens with one attached hydrogen (secondary N) is 1. The molecule has 23 heavy (non-hydrogen) atoms. The predicted molar refractivity (Wildman–Crippen MR) is 97.3 cm³/mol. The van der Waals surface area contributed by atoms with Gasteiger partial charge in [0.15, 0.2) is 5.82 Å². The van der Waals surface area contributed by atoms with Crippen LogP contribution in [-0.2, 0) is 0 Å². The van der Waals surface area contributed by atoms with Crippen LogP contribution in [0.25, 0.3) is 11.4 Å². The summed E-state index contributed by atoms with van der Waals surface area (Å²) in [6.07, 6.45) is 1.58. The molecule has 0 radical (unpaired) electrons. The highest BCUT2D eigenvalue weighted by atomic mass is 35.5. The summed E-state index contributed by atoms with van der Waals surface area (Å²) < 4.78 is 1.85. The van der Waals surface area contributed by atoms with E-state index in [0.717, 1.165) is 5.56 Å². The van der Waals surface area contributed by atoms with Crippen molar-refractivity contribution >= 4 is 53.2 Å². The fraction of sp³-hybridized carbons (Fsp3) is 0. The van der Waals surface area contributed by atoms with Gasteiger partial charge in [0.25, 0.3) is 0 Å². The molecule has 0 aliphatic carbocycles. The van der Waals surface area contributed by atoms with Crippen LogP contribution in [0.2, 0.25) is 15.1 Å². The lowest BCUT2D eigenvalue weighted by Crippen LogP contribution is -1.95. The fourth-order valence-corrected chi connectivity index (χ4v) is 2.68. The third-order valence-electron chi connectivity index (χ3n) is 3.03. The number of nitrogens with zero attached hydrogens (tertiary/aromatic N) is 3. The number of aromatic nitrogens is 3. The lowest BCUT2D eigenvalue weighted by atomic mass is 10.2. The Kier molecular flexibility index (Phi) is 4.82. The van der Waals surface area contributed by atoms with Gasteiger partial charge in [-0.15, -0.1) is 0 Å². The van der Waals surface area contributed by atoms with Gasteiger partial charge in [-0.05, 0) is 30.4 Å². The van der Waals surface area contributed by atoms with Crippen molar-refractivity contribution in [2.45, 2.75) is 0 Å². The van der Waals surface area contributed by atoms with Crippen molar-refractivity contribution in [1.82, 2.24) is 14.9 Å². The summed E-state index contributed by atoms with van der Waals surface area (Å²) >= 11 is 23.4. The van der Waals surface area contributed by atoms with Crippen LogP contribution in [0, 0.1) is 4.77 Å². The van der Waals surface area contributed by atoms with Gasteiger partial charge in [0.05, 0.1) is 16.3 Å². The second-order valence-corrected chi connectivity index (χ2v) is 6.17. The minimum atomic E-state index is 0.356. The van der Waals surface area contributed by atoms with Gasteiger partial charge in [0.2, 0.25) is 4.77 Å². The molecule has 0 bridgehead atoms. The molecule has 1 heterocycles. The van der Waals surface area contributed by atoms with Crippen LogP contribution < -0.4 is 0 Å². The summed E-state index contributed by atoms with van der Waals surface area (Å²) in [7, 11) is 0. The second-order valence-electron chi connectivity index (χ2n) is 4.56. The Morgan fingerprint density at radius 3 is 2.70 bits per heavy atom. The number of aromatic amines is 1. The lowest BCUT2D eigenvalue weighted by molar-refractivity contribution is 0.871. The molecule has 0 atom stereocenters. The fourth-order valence-electron chi connectivity index (χ4n) is 1.95. The molecule has 4 nitrogen and oxygen atoms in total. The maximum absolute atomic E-state index is 6.15. The zero-order valence-corrected chi connectivity index (χ0v) is 14.6. The molecule has 0 saturated carbocycles. The van der Waals surface area contributed by atoms with Crippen LogP contribution in [0.5, 0.6) is 0 Å². The van der Waals surface area contributed by atoms with Gasteiger partial charge in [-0.2, -0.15) is 14.9 Å². The Morgan fingerprint density at radius 1 is 1.13 bits per heavy atom. The minimum absolute atomic E-state index is 0.356. The Bertz CT molecular complexity index is 946. The van der Waals surface area contributed by atoms with Crippen molar-refractivity contribution < 1.29 is 0 Å². The highest BCUT2D eigenvalue weighted by Crippen LogP contribution is 2.25. The molecule has 2 aromatic carbocycles. The first-order valence-corrected chi connectivity index (χ1v) is 8.02. The quantitative estimate of drug-likeness (QED) is 0.483. The molecule has 8 heteroatoms. The van der Waals surface area contributed by atoms with E-state index in [-0.39, 0.29) is 0 Å². The van der Waals surface area contributed by atoms with Crippen molar-refractivity contribution in [3.63, 3.8) is 0 Å². The highest BCUT2D eigenvalue weighted by molar-refractivity contribution is 7.71.